The molecule has 6 nitrogen and oxygen atoms in total. The van der Waals surface area contributed by atoms with E-state index in [1.165, 1.54) is 4.31 Å². The van der Waals surface area contributed by atoms with Crippen molar-refractivity contribution in [1.82, 2.24) is 9.80 Å². The van der Waals surface area contributed by atoms with Gasteiger partial charge in [0.15, 0.2) is 0 Å². The molecule has 3 rings (SSSR count). The molecule has 2 aromatic rings. The molecule has 0 aliphatic carbocycles. The second kappa shape index (κ2) is 9.41. The summed E-state index contributed by atoms with van der Waals surface area (Å²) in [4.78, 5) is 17.3. The summed E-state index contributed by atoms with van der Waals surface area (Å²) in [5.41, 5.74) is 1.47. The summed E-state index contributed by atoms with van der Waals surface area (Å²) >= 11 is 0. The lowest BCUT2D eigenvalue weighted by atomic mass is 10.1. The molecule has 0 spiro atoms. The zero-order valence-electron chi connectivity index (χ0n) is 17.1. The Kier molecular flexibility index (Phi) is 6.92. The summed E-state index contributed by atoms with van der Waals surface area (Å²) in [7, 11) is -3.86. The number of anilines is 1. The molecule has 1 saturated heterocycles. The summed E-state index contributed by atoms with van der Waals surface area (Å²) in [6.45, 7) is 7.74. The first-order chi connectivity index (χ1) is 14.0. The van der Waals surface area contributed by atoms with Gasteiger partial charge in [-0.1, -0.05) is 50.2 Å². The molecule has 0 N–H and O–H groups in total. The molecule has 0 unspecified atom stereocenters. The molecule has 29 heavy (non-hydrogen) atoms. The van der Waals surface area contributed by atoms with Crippen LogP contribution in [0.25, 0.3) is 0 Å². The number of likely N-dealkylation sites (N-methyl/N-ethyl adjacent to an activating group) is 1. The van der Waals surface area contributed by atoms with E-state index < -0.39 is 10.0 Å². The van der Waals surface area contributed by atoms with Crippen LogP contribution in [-0.2, 0) is 21.2 Å². The maximum atomic E-state index is 13.5. The first kappa shape index (κ1) is 21.3. The van der Waals surface area contributed by atoms with Crippen LogP contribution in [0.15, 0.2) is 59.5 Å². The molecule has 2 aromatic carbocycles. The number of carbonyl (C=O) groups excluding carboxylic acids is 1. The number of piperazine rings is 1. The number of nitrogens with zero attached hydrogens (tertiary/aromatic N) is 3. The lowest BCUT2D eigenvalue weighted by Gasteiger charge is -2.35. The summed E-state index contributed by atoms with van der Waals surface area (Å²) < 4.78 is 28.2. The molecule has 0 saturated carbocycles. The van der Waals surface area contributed by atoms with Crippen LogP contribution < -0.4 is 4.31 Å². The second-order valence-corrected chi connectivity index (χ2v) is 8.98. The number of carbonyl (C=O) groups is 1. The third-order valence-corrected chi connectivity index (χ3v) is 7.20. The fraction of sp³-hybridized carbons (Fsp3) is 0.409. The van der Waals surface area contributed by atoms with E-state index in [0.29, 0.717) is 25.2 Å². The summed E-state index contributed by atoms with van der Waals surface area (Å²) in [5.74, 6) is -0.161. The molecule has 0 radical (unpaired) electrons. The number of benzene rings is 2. The van der Waals surface area contributed by atoms with E-state index in [1.54, 1.807) is 41.3 Å². The molecule has 0 bridgehead atoms. The Morgan fingerprint density at radius 1 is 0.931 bits per heavy atom. The molecule has 1 fully saturated rings. The van der Waals surface area contributed by atoms with E-state index in [4.69, 9.17) is 0 Å². The number of rotatable bonds is 7. The van der Waals surface area contributed by atoms with E-state index >= 15 is 0 Å². The molecule has 1 amide bonds. The third-order valence-electron chi connectivity index (χ3n) is 5.42. The van der Waals surface area contributed by atoms with E-state index in [0.717, 1.165) is 25.2 Å². The Bertz CT molecular complexity index is 923. The highest BCUT2D eigenvalue weighted by Gasteiger charge is 2.30. The van der Waals surface area contributed by atoms with Crippen LogP contribution in [0.1, 0.15) is 19.4 Å². The Hall–Kier alpha value is -2.38. The number of sulfonamides is 1. The van der Waals surface area contributed by atoms with Crippen molar-refractivity contribution in [2.24, 2.45) is 0 Å². The van der Waals surface area contributed by atoms with Crippen molar-refractivity contribution in [3.8, 4) is 0 Å². The smallest absolute Gasteiger partial charge is 0.264 e. The molecule has 0 atom stereocenters. The zero-order valence-corrected chi connectivity index (χ0v) is 17.9. The first-order valence-corrected chi connectivity index (χ1v) is 11.6. The average Bonchev–Trinajstić information content (AvgIpc) is 2.77. The molecule has 1 aliphatic rings. The number of aryl methyl sites for hydroxylation is 1. The standard InChI is InChI=1S/C22H29N3O3S/c1-3-19-10-8-9-13-21(19)25(29(27,28)20-11-6-5-7-12-20)18-22(26)24-16-14-23(4-2)15-17-24/h5-13H,3-4,14-18H2,1-2H3. The third kappa shape index (κ3) is 4.79. The van der Waals surface area contributed by atoms with Gasteiger partial charge in [0, 0.05) is 26.2 Å². The second-order valence-electron chi connectivity index (χ2n) is 7.12. The van der Waals surface area contributed by atoms with Gasteiger partial charge in [-0.25, -0.2) is 8.42 Å². The van der Waals surface area contributed by atoms with Crippen molar-refractivity contribution in [3.63, 3.8) is 0 Å². The molecule has 0 aromatic heterocycles. The van der Waals surface area contributed by atoms with Gasteiger partial charge in [-0.2, -0.15) is 0 Å². The normalized spacial score (nSPS) is 15.3. The Morgan fingerprint density at radius 2 is 1.55 bits per heavy atom. The quantitative estimate of drug-likeness (QED) is 0.697. The van der Waals surface area contributed by atoms with Crippen LogP contribution in [0.4, 0.5) is 5.69 Å². The summed E-state index contributed by atoms with van der Waals surface area (Å²) in [6, 6.07) is 15.7. The van der Waals surface area contributed by atoms with Gasteiger partial charge in [-0.15, -0.1) is 0 Å². The maximum Gasteiger partial charge on any atom is 0.264 e. The van der Waals surface area contributed by atoms with Crippen LogP contribution >= 0.6 is 0 Å². The lowest BCUT2D eigenvalue weighted by molar-refractivity contribution is -0.131. The van der Waals surface area contributed by atoms with Crippen LogP contribution in [0.2, 0.25) is 0 Å². The van der Waals surface area contributed by atoms with Gasteiger partial charge >= 0.3 is 0 Å². The van der Waals surface area contributed by atoms with Crippen LogP contribution in [0, 0.1) is 0 Å². The van der Waals surface area contributed by atoms with E-state index in [-0.39, 0.29) is 17.3 Å². The van der Waals surface area contributed by atoms with Gasteiger partial charge < -0.3 is 9.80 Å². The summed E-state index contributed by atoms with van der Waals surface area (Å²) in [6.07, 6.45) is 0.681. The fourth-order valence-corrected chi connectivity index (χ4v) is 5.08. The molecule has 156 valence electrons. The average molecular weight is 416 g/mol. The van der Waals surface area contributed by atoms with E-state index in [9.17, 15) is 13.2 Å². The maximum absolute atomic E-state index is 13.5. The highest BCUT2D eigenvalue weighted by atomic mass is 32.2. The molecule has 1 heterocycles. The van der Waals surface area contributed by atoms with Crippen molar-refractivity contribution >= 4 is 21.6 Å². The zero-order chi connectivity index (χ0) is 20.9. The number of hydrogen-bond donors (Lipinski definition) is 0. The van der Waals surface area contributed by atoms with Crippen LogP contribution in [0.3, 0.4) is 0 Å². The van der Waals surface area contributed by atoms with Gasteiger partial charge in [0.05, 0.1) is 10.6 Å². The van der Waals surface area contributed by atoms with E-state index in [1.807, 2.05) is 25.1 Å². The monoisotopic (exact) mass is 415 g/mol. The van der Waals surface area contributed by atoms with Crippen LogP contribution in [-0.4, -0.2) is 63.4 Å². The van der Waals surface area contributed by atoms with Crippen molar-refractivity contribution in [2.75, 3.05) is 43.6 Å². The van der Waals surface area contributed by atoms with Gasteiger partial charge in [0.2, 0.25) is 5.91 Å². The number of amides is 1. The van der Waals surface area contributed by atoms with Gasteiger partial charge in [-0.05, 0) is 36.7 Å². The SMILES string of the molecule is CCc1ccccc1N(CC(=O)N1CCN(CC)CC1)S(=O)(=O)c1ccccc1. The Morgan fingerprint density at radius 3 is 2.17 bits per heavy atom. The summed E-state index contributed by atoms with van der Waals surface area (Å²) in [5, 5.41) is 0. The van der Waals surface area contributed by atoms with Crippen LogP contribution in [0.5, 0.6) is 0 Å². The minimum atomic E-state index is -3.86. The number of para-hydroxylation sites is 1. The highest BCUT2D eigenvalue weighted by molar-refractivity contribution is 7.92. The van der Waals surface area contributed by atoms with Crippen molar-refractivity contribution < 1.29 is 13.2 Å². The van der Waals surface area contributed by atoms with Crippen molar-refractivity contribution in [3.05, 3.63) is 60.2 Å². The topological polar surface area (TPSA) is 60.9 Å². The molecular formula is C22H29N3O3S. The highest BCUT2D eigenvalue weighted by Crippen LogP contribution is 2.27. The predicted octanol–water partition coefficient (Wildman–Crippen LogP) is 2.61. The largest absolute Gasteiger partial charge is 0.339 e. The van der Waals surface area contributed by atoms with Gasteiger partial charge in [0.1, 0.15) is 6.54 Å². The van der Waals surface area contributed by atoms with Crippen molar-refractivity contribution in [1.29, 1.82) is 0 Å². The van der Waals surface area contributed by atoms with Gasteiger partial charge in [-0.3, -0.25) is 9.10 Å². The first-order valence-electron chi connectivity index (χ1n) is 10.1. The Labute approximate surface area is 173 Å². The predicted molar refractivity (Wildman–Crippen MR) is 115 cm³/mol. The number of hydrogen-bond acceptors (Lipinski definition) is 4. The molecule has 1 aliphatic heterocycles. The van der Waals surface area contributed by atoms with Crippen molar-refractivity contribution in [2.45, 2.75) is 25.2 Å². The minimum absolute atomic E-state index is 0.161. The molecular weight excluding hydrogens is 386 g/mol. The lowest BCUT2D eigenvalue weighted by Crippen LogP contribution is -2.51. The van der Waals surface area contributed by atoms with E-state index in [2.05, 4.69) is 11.8 Å². The Balaban J connectivity index is 1.93. The molecule has 7 heteroatoms. The fourth-order valence-electron chi connectivity index (χ4n) is 3.61. The minimum Gasteiger partial charge on any atom is -0.339 e. The van der Waals surface area contributed by atoms with Gasteiger partial charge in [0.25, 0.3) is 10.0 Å².